The first-order valence-corrected chi connectivity index (χ1v) is 8.61. The van der Waals surface area contributed by atoms with Crippen LogP contribution in [0.2, 0.25) is 0 Å². The van der Waals surface area contributed by atoms with Crippen molar-refractivity contribution in [2.45, 2.75) is 19.9 Å². The second-order valence-electron chi connectivity index (χ2n) is 4.64. The molecule has 0 aliphatic heterocycles. The second-order valence-corrected chi connectivity index (χ2v) is 6.56. The largest absolute Gasteiger partial charge is 0.461 e. The summed E-state index contributed by atoms with van der Waals surface area (Å²) in [5.41, 5.74) is 1.34. The van der Waals surface area contributed by atoms with Crippen LogP contribution in [0, 0.1) is 0 Å². The van der Waals surface area contributed by atoms with Crippen molar-refractivity contribution < 1.29 is 9.53 Å². The Labute approximate surface area is 136 Å². The summed E-state index contributed by atoms with van der Waals surface area (Å²) in [5.74, 6) is -0.378. The Morgan fingerprint density at radius 1 is 1.36 bits per heavy atom. The van der Waals surface area contributed by atoms with Crippen LogP contribution in [0.4, 0.5) is 5.13 Å². The van der Waals surface area contributed by atoms with Crippen molar-refractivity contribution in [1.82, 2.24) is 9.97 Å². The maximum atomic E-state index is 11.6. The van der Waals surface area contributed by atoms with Crippen LogP contribution in [0.25, 0.3) is 10.2 Å². The number of hydrogen-bond donors (Lipinski definition) is 1. The van der Waals surface area contributed by atoms with Crippen LogP contribution in [0.15, 0.2) is 29.6 Å². The third-order valence-corrected chi connectivity index (χ3v) is 5.01. The van der Waals surface area contributed by atoms with Crippen molar-refractivity contribution in [2.24, 2.45) is 0 Å². The molecular weight excluding hydrogens is 318 g/mol. The van der Waals surface area contributed by atoms with Crippen molar-refractivity contribution in [3.05, 3.63) is 40.3 Å². The highest BCUT2D eigenvalue weighted by molar-refractivity contribution is 7.22. The molecule has 114 valence electrons. The molecule has 1 aromatic carbocycles. The standard InChI is InChI=1S/C15H15N3O2S2/c1-3-20-14(19)11-8-21-13(17-11)9(2)16-15-18-10-6-4-5-7-12(10)22-15/h4-9H,3H2,1-2H3,(H,16,18). The zero-order valence-electron chi connectivity index (χ0n) is 12.2. The third-order valence-electron chi connectivity index (χ3n) is 3.01. The Bertz CT molecular complexity index is 764. The van der Waals surface area contributed by atoms with Crippen LogP contribution in [0.5, 0.6) is 0 Å². The lowest BCUT2D eigenvalue weighted by molar-refractivity contribution is 0.0520. The van der Waals surface area contributed by atoms with Gasteiger partial charge in [0.2, 0.25) is 0 Å². The number of thiazole rings is 2. The SMILES string of the molecule is CCOC(=O)c1csc(C(C)Nc2nc3ccccc3s2)n1. The van der Waals surface area contributed by atoms with Crippen LogP contribution in [-0.2, 0) is 4.74 Å². The fraction of sp³-hybridized carbons (Fsp3) is 0.267. The number of anilines is 1. The summed E-state index contributed by atoms with van der Waals surface area (Å²) >= 11 is 3.04. The lowest BCUT2D eigenvalue weighted by atomic mass is 10.3. The Morgan fingerprint density at radius 2 is 2.18 bits per heavy atom. The lowest BCUT2D eigenvalue weighted by Crippen LogP contribution is -2.08. The molecule has 0 saturated heterocycles. The number of fused-ring (bicyclic) bond motifs is 1. The zero-order valence-corrected chi connectivity index (χ0v) is 13.8. The molecule has 0 bridgehead atoms. The number of esters is 1. The molecule has 2 heterocycles. The average molecular weight is 333 g/mol. The molecule has 0 fully saturated rings. The molecule has 0 spiro atoms. The number of aromatic nitrogens is 2. The fourth-order valence-electron chi connectivity index (χ4n) is 1.97. The minimum absolute atomic E-state index is 0.0197. The van der Waals surface area contributed by atoms with Crippen molar-refractivity contribution in [2.75, 3.05) is 11.9 Å². The number of benzene rings is 1. The normalized spacial score (nSPS) is 12.3. The van der Waals surface area contributed by atoms with Crippen molar-refractivity contribution in [1.29, 1.82) is 0 Å². The minimum Gasteiger partial charge on any atom is -0.461 e. The average Bonchev–Trinajstić information content (AvgIpc) is 3.13. The fourth-order valence-corrected chi connectivity index (χ4v) is 3.71. The van der Waals surface area contributed by atoms with Gasteiger partial charge in [-0.3, -0.25) is 0 Å². The highest BCUT2D eigenvalue weighted by atomic mass is 32.1. The summed E-state index contributed by atoms with van der Waals surface area (Å²) < 4.78 is 6.10. The molecule has 0 saturated carbocycles. The van der Waals surface area contributed by atoms with Gasteiger partial charge < -0.3 is 10.1 Å². The molecule has 3 aromatic rings. The van der Waals surface area contributed by atoms with Gasteiger partial charge in [0.1, 0.15) is 5.01 Å². The summed E-state index contributed by atoms with van der Waals surface area (Å²) in [6, 6.07) is 7.99. The highest BCUT2D eigenvalue weighted by Gasteiger charge is 2.16. The number of carbonyl (C=O) groups excluding carboxylic acids is 1. The molecule has 7 heteroatoms. The zero-order chi connectivity index (χ0) is 15.5. The van der Waals surface area contributed by atoms with E-state index in [-0.39, 0.29) is 12.0 Å². The molecule has 0 amide bonds. The first-order chi connectivity index (χ1) is 10.7. The predicted octanol–water partition coefficient (Wildman–Crippen LogP) is 4.10. The number of ether oxygens (including phenoxy) is 1. The van der Waals surface area contributed by atoms with E-state index in [1.807, 2.05) is 31.2 Å². The molecule has 0 aliphatic carbocycles. The lowest BCUT2D eigenvalue weighted by Gasteiger charge is -2.08. The summed E-state index contributed by atoms with van der Waals surface area (Å²) in [4.78, 5) is 20.5. The first-order valence-electron chi connectivity index (χ1n) is 6.92. The van der Waals surface area contributed by atoms with Crippen molar-refractivity contribution in [3.8, 4) is 0 Å². The quantitative estimate of drug-likeness (QED) is 0.712. The molecule has 1 unspecified atom stereocenters. The van der Waals surface area contributed by atoms with E-state index in [1.165, 1.54) is 11.3 Å². The number of rotatable bonds is 5. The van der Waals surface area contributed by atoms with E-state index < -0.39 is 0 Å². The molecule has 3 rings (SSSR count). The number of para-hydroxylation sites is 1. The van der Waals surface area contributed by atoms with Gasteiger partial charge in [0.15, 0.2) is 10.8 Å². The maximum Gasteiger partial charge on any atom is 0.357 e. The molecule has 1 N–H and O–H groups in total. The summed E-state index contributed by atoms with van der Waals surface area (Å²) in [7, 11) is 0. The van der Waals surface area contributed by atoms with Crippen molar-refractivity contribution >= 4 is 44.0 Å². The van der Waals surface area contributed by atoms with Gasteiger partial charge in [-0.15, -0.1) is 11.3 Å². The van der Waals surface area contributed by atoms with Gasteiger partial charge in [0.05, 0.1) is 22.9 Å². The van der Waals surface area contributed by atoms with E-state index in [9.17, 15) is 4.79 Å². The molecular formula is C15H15N3O2S2. The summed E-state index contributed by atoms with van der Waals surface area (Å²) in [6.07, 6.45) is 0. The van der Waals surface area contributed by atoms with Crippen molar-refractivity contribution in [3.63, 3.8) is 0 Å². The summed E-state index contributed by atoms with van der Waals surface area (Å²) in [5, 5.41) is 6.75. The molecule has 5 nitrogen and oxygen atoms in total. The van der Waals surface area contributed by atoms with Gasteiger partial charge in [-0.25, -0.2) is 14.8 Å². The van der Waals surface area contributed by atoms with Crippen LogP contribution < -0.4 is 5.32 Å². The molecule has 2 aromatic heterocycles. The van der Waals surface area contributed by atoms with Gasteiger partial charge in [-0.1, -0.05) is 23.5 Å². The second kappa shape index (κ2) is 6.41. The Morgan fingerprint density at radius 3 is 2.95 bits per heavy atom. The van der Waals surface area contributed by atoms with E-state index in [4.69, 9.17) is 4.74 Å². The smallest absolute Gasteiger partial charge is 0.357 e. The van der Waals surface area contributed by atoms with Gasteiger partial charge in [-0.2, -0.15) is 0 Å². The number of carbonyl (C=O) groups is 1. The number of hydrogen-bond acceptors (Lipinski definition) is 7. The van der Waals surface area contributed by atoms with E-state index in [0.717, 1.165) is 20.4 Å². The van der Waals surface area contributed by atoms with Gasteiger partial charge in [0, 0.05) is 5.38 Å². The third kappa shape index (κ3) is 3.10. The minimum atomic E-state index is -0.378. The molecule has 0 aliphatic rings. The van der Waals surface area contributed by atoms with E-state index in [1.54, 1.807) is 23.6 Å². The number of nitrogens with one attached hydrogen (secondary N) is 1. The topological polar surface area (TPSA) is 64.1 Å². The molecule has 22 heavy (non-hydrogen) atoms. The van der Waals surface area contributed by atoms with Gasteiger partial charge >= 0.3 is 5.97 Å². The van der Waals surface area contributed by atoms with E-state index in [0.29, 0.717) is 12.3 Å². The van der Waals surface area contributed by atoms with Gasteiger partial charge in [-0.05, 0) is 26.0 Å². The Balaban J connectivity index is 1.73. The van der Waals surface area contributed by atoms with Crippen LogP contribution >= 0.6 is 22.7 Å². The molecule has 0 radical (unpaired) electrons. The first kappa shape index (κ1) is 14.9. The number of nitrogens with zero attached hydrogens (tertiary/aromatic N) is 2. The van der Waals surface area contributed by atoms with E-state index in [2.05, 4.69) is 15.3 Å². The van der Waals surface area contributed by atoms with Gasteiger partial charge in [0.25, 0.3) is 0 Å². The van der Waals surface area contributed by atoms with E-state index >= 15 is 0 Å². The van der Waals surface area contributed by atoms with Crippen LogP contribution in [-0.4, -0.2) is 22.5 Å². The monoisotopic (exact) mass is 333 g/mol. The summed E-state index contributed by atoms with van der Waals surface area (Å²) in [6.45, 7) is 4.13. The van der Waals surface area contributed by atoms with Crippen LogP contribution in [0.3, 0.4) is 0 Å². The predicted molar refractivity (Wildman–Crippen MR) is 89.7 cm³/mol. The maximum absolute atomic E-state index is 11.6. The Kier molecular flexibility index (Phi) is 4.35. The Hall–Kier alpha value is -1.99. The highest BCUT2D eigenvalue weighted by Crippen LogP contribution is 2.29. The molecule has 1 atom stereocenters. The van der Waals surface area contributed by atoms with Crippen LogP contribution in [0.1, 0.15) is 35.4 Å².